The highest BCUT2D eigenvalue weighted by Gasteiger charge is 2.10. The summed E-state index contributed by atoms with van der Waals surface area (Å²) in [7, 11) is -3.20. The van der Waals surface area contributed by atoms with Crippen molar-refractivity contribution in [3.8, 4) is 22.7 Å². The Balaban J connectivity index is 1.95. The average Bonchev–Trinajstić information content (AvgIpc) is 3.05. The van der Waals surface area contributed by atoms with Crippen molar-refractivity contribution in [3.63, 3.8) is 0 Å². The van der Waals surface area contributed by atoms with E-state index in [0.29, 0.717) is 11.5 Å². The largest absolute Gasteiger partial charge is 0.494 e. The van der Waals surface area contributed by atoms with Gasteiger partial charge in [-0.25, -0.2) is 13.1 Å². The zero-order valence-corrected chi connectivity index (χ0v) is 14.3. The molecule has 5 nitrogen and oxygen atoms in total. The quantitative estimate of drug-likeness (QED) is 0.713. The van der Waals surface area contributed by atoms with Crippen molar-refractivity contribution in [3.05, 3.63) is 60.8 Å². The Bertz CT molecular complexity index is 927. The van der Waals surface area contributed by atoms with Crippen LogP contribution in [0.3, 0.4) is 0 Å². The Labute approximate surface area is 141 Å². The third-order valence-electron chi connectivity index (χ3n) is 3.61. The second kappa shape index (κ2) is 6.49. The molecule has 0 bridgehead atoms. The molecule has 24 heavy (non-hydrogen) atoms. The third kappa shape index (κ3) is 3.33. The minimum absolute atomic E-state index is 0.304. The molecule has 0 fully saturated rings. The molecule has 0 aliphatic carbocycles. The first kappa shape index (κ1) is 16.3. The highest BCUT2D eigenvalue weighted by atomic mass is 32.2. The summed E-state index contributed by atoms with van der Waals surface area (Å²) in [5.74, 6) is 0.812. The molecule has 0 saturated heterocycles. The van der Waals surface area contributed by atoms with Crippen LogP contribution in [0.15, 0.2) is 65.7 Å². The van der Waals surface area contributed by atoms with Gasteiger partial charge in [0.2, 0.25) is 0 Å². The van der Waals surface area contributed by atoms with Gasteiger partial charge in [-0.2, -0.15) is 5.10 Å². The zero-order chi connectivity index (χ0) is 17.2. The molecule has 0 amide bonds. The van der Waals surface area contributed by atoms with Crippen molar-refractivity contribution in [1.29, 1.82) is 0 Å². The Morgan fingerprint density at radius 1 is 1.00 bits per heavy atom. The van der Waals surface area contributed by atoms with E-state index >= 15 is 0 Å². The van der Waals surface area contributed by atoms with Crippen LogP contribution in [-0.4, -0.2) is 31.1 Å². The number of rotatable bonds is 5. The second-order valence-corrected chi connectivity index (χ2v) is 7.37. The smallest absolute Gasteiger partial charge is 0.175 e. The Morgan fingerprint density at radius 3 is 2.25 bits per heavy atom. The van der Waals surface area contributed by atoms with Crippen LogP contribution in [0, 0.1) is 0 Å². The van der Waals surface area contributed by atoms with Gasteiger partial charge in [0.15, 0.2) is 9.84 Å². The molecule has 0 unspecified atom stereocenters. The Kier molecular flexibility index (Phi) is 4.40. The van der Waals surface area contributed by atoms with Gasteiger partial charge in [-0.1, -0.05) is 12.1 Å². The summed E-state index contributed by atoms with van der Waals surface area (Å²) in [5.41, 5.74) is 2.69. The maximum Gasteiger partial charge on any atom is 0.175 e. The third-order valence-corrected chi connectivity index (χ3v) is 4.74. The van der Waals surface area contributed by atoms with Crippen molar-refractivity contribution in [2.45, 2.75) is 11.8 Å². The summed E-state index contributed by atoms with van der Waals surface area (Å²) in [6.45, 7) is 2.57. The van der Waals surface area contributed by atoms with Crippen LogP contribution in [-0.2, 0) is 9.84 Å². The number of hydrogen-bond acceptors (Lipinski definition) is 4. The van der Waals surface area contributed by atoms with E-state index in [4.69, 9.17) is 4.74 Å². The standard InChI is InChI=1S/C18H18N2O3S/c1-3-23-16-8-6-15(7-9-16)20-18(12-13-19-20)14-4-10-17(11-5-14)24(2,21)22/h4-13H,3H2,1-2H3. The van der Waals surface area contributed by atoms with Crippen LogP contribution in [0.2, 0.25) is 0 Å². The molecule has 3 rings (SSSR count). The first-order valence-corrected chi connectivity index (χ1v) is 9.46. The van der Waals surface area contributed by atoms with Crippen molar-refractivity contribution in [1.82, 2.24) is 9.78 Å². The fraction of sp³-hybridized carbons (Fsp3) is 0.167. The van der Waals surface area contributed by atoms with E-state index in [1.165, 1.54) is 6.26 Å². The first-order chi connectivity index (χ1) is 11.5. The minimum atomic E-state index is -3.20. The van der Waals surface area contributed by atoms with Crippen molar-refractivity contribution >= 4 is 9.84 Å². The molecule has 124 valence electrons. The van der Waals surface area contributed by atoms with Crippen LogP contribution >= 0.6 is 0 Å². The van der Waals surface area contributed by atoms with Gasteiger partial charge in [0.25, 0.3) is 0 Å². The fourth-order valence-electron chi connectivity index (χ4n) is 2.45. The van der Waals surface area contributed by atoms with Gasteiger partial charge in [-0.05, 0) is 49.4 Å². The van der Waals surface area contributed by atoms with Crippen molar-refractivity contribution < 1.29 is 13.2 Å². The molecular weight excluding hydrogens is 324 g/mol. The minimum Gasteiger partial charge on any atom is -0.494 e. The molecular formula is C18H18N2O3S. The average molecular weight is 342 g/mol. The number of hydrogen-bond donors (Lipinski definition) is 0. The van der Waals surface area contributed by atoms with E-state index in [2.05, 4.69) is 5.10 Å². The lowest BCUT2D eigenvalue weighted by Gasteiger charge is -2.09. The highest BCUT2D eigenvalue weighted by Crippen LogP contribution is 2.25. The molecule has 0 saturated carbocycles. The maximum absolute atomic E-state index is 11.6. The lowest BCUT2D eigenvalue weighted by Crippen LogP contribution is -2.00. The number of nitrogens with zero attached hydrogens (tertiary/aromatic N) is 2. The van der Waals surface area contributed by atoms with Gasteiger partial charge in [-0.3, -0.25) is 0 Å². The molecule has 3 aromatic rings. The monoisotopic (exact) mass is 342 g/mol. The number of aromatic nitrogens is 2. The topological polar surface area (TPSA) is 61.2 Å². The van der Waals surface area contributed by atoms with E-state index in [1.54, 1.807) is 30.5 Å². The van der Waals surface area contributed by atoms with E-state index in [0.717, 1.165) is 22.7 Å². The van der Waals surface area contributed by atoms with Gasteiger partial charge in [0.1, 0.15) is 5.75 Å². The summed E-state index contributed by atoms with van der Waals surface area (Å²) >= 11 is 0. The summed E-state index contributed by atoms with van der Waals surface area (Å²) in [6, 6.07) is 16.4. The van der Waals surface area contributed by atoms with Crippen LogP contribution in [0.5, 0.6) is 5.75 Å². The predicted octanol–water partition coefficient (Wildman–Crippen LogP) is 3.34. The Morgan fingerprint density at radius 2 is 1.67 bits per heavy atom. The molecule has 0 spiro atoms. The van der Waals surface area contributed by atoms with Crippen LogP contribution in [0.25, 0.3) is 16.9 Å². The molecule has 0 aliphatic rings. The normalized spacial score (nSPS) is 11.4. The van der Waals surface area contributed by atoms with Gasteiger partial charge in [-0.15, -0.1) is 0 Å². The molecule has 0 aliphatic heterocycles. The molecule has 0 radical (unpaired) electrons. The second-order valence-electron chi connectivity index (χ2n) is 5.35. The van der Waals surface area contributed by atoms with E-state index in [-0.39, 0.29) is 0 Å². The first-order valence-electron chi connectivity index (χ1n) is 7.57. The van der Waals surface area contributed by atoms with Crippen LogP contribution < -0.4 is 4.74 Å². The van der Waals surface area contributed by atoms with E-state index in [9.17, 15) is 8.42 Å². The SMILES string of the molecule is CCOc1ccc(-n2nccc2-c2ccc(S(C)(=O)=O)cc2)cc1. The van der Waals surface area contributed by atoms with E-state index in [1.807, 2.05) is 41.9 Å². The zero-order valence-electron chi connectivity index (χ0n) is 13.5. The summed E-state index contributed by atoms with van der Waals surface area (Å²) in [4.78, 5) is 0.304. The van der Waals surface area contributed by atoms with Crippen LogP contribution in [0.1, 0.15) is 6.92 Å². The molecule has 6 heteroatoms. The van der Waals surface area contributed by atoms with Gasteiger partial charge in [0, 0.05) is 11.8 Å². The van der Waals surface area contributed by atoms with Crippen molar-refractivity contribution in [2.75, 3.05) is 12.9 Å². The number of sulfone groups is 1. The molecule has 1 aromatic heterocycles. The van der Waals surface area contributed by atoms with Gasteiger partial charge in [0.05, 0.1) is 29.1 Å². The molecule has 0 N–H and O–H groups in total. The van der Waals surface area contributed by atoms with Gasteiger partial charge >= 0.3 is 0 Å². The summed E-state index contributed by atoms with van der Waals surface area (Å²) in [5, 5.41) is 4.37. The number of ether oxygens (including phenoxy) is 1. The molecule has 1 heterocycles. The highest BCUT2D eigenvalue weighted by molar-refractivity contribution is 7.90. The lowest BCUT2D eigenvalue weighted by atomic mass is 10.1. The molecule has 0 atom stereocenters. The van der Waals surface area contributed by atoms with Crippen molar-refractivity contribution in [2.24, 2.45) is 0 Å². The van der Waals surface area contributed by atoms with E-state index < -0.39 is 9.84 Å². The fourth-order valence-corrected chi connectivity index (χ4v) is 3.08. The maximum atomic E-state index is 11.6. The predicted molar refractivity (Wildman–Crippen MR) is 93.3 cm³/mol. The summed E-state index contributed by atoms with van der Waals surface area (Å²) in [6.07, 6.45) is 2.92. The lowest BCUT2D eigenvalue weighted by molar-refractivity contribution is 0.340. The van der Waals surface area contributed by atoms with Gasteiger partial charge < -0.3 is 4.74 Å². The summed E-state index contributed by atoms with van der Waals surface area (Å²) < 4.78 is 30.4. The molecule has 2 aromatic carbocycles. The number of benzene rings is 2. The Hall–Kier alpha value is -2.60. The van der Waals surface area contributed by atoms with Crippen LogP contribution in [0.4, 0.5) is 0 Å².